The summed E-state index contributed by atoms with van der Waals surface area (Å²) in [5.74, 6) is -0.643. The zero-order chi connectivity index (χ0) is 19.5. The Morgan fingerprint density at radius 3 is 2.27 bits per heavy atom. The lowest BCUT2D eigenvalue weighted by atomic mass is 9.89. The average molecular weight is 373 g/mol. The van der Waals surface area contributed by atoms with E-state index in [4.69, 9.17) is 11.6 Å². The predicted octanol–water partition coefficient (Wildman–Crippen LogP) is 4.97. The topological polar surface area (TPSA) is 49.4 Å². The first-order valence-electron chi connectivity index (χ1n) is 8.63. The van der Waals surface area contributed by atoms with Gasteiger partial charge in [-0.05, 0) is 63.9 Å². The third-order valence-corrected chi connectivity index (χ3v) is 4.70. The zero-order valence-corrected chi connectivity index (χ0v) is 16.6. The highest BCUT2D eigenvalue weighted by molar-refractivity contribution is 6.34. The van der Waals surface area contributed by atoms with E-state index in [2.05, 4.69) is 5.32 Å². The van der Waals surface area contributed by atoms with Crippen molar-refractivity contribution in [3.8, 4) is 0 Å². The van der Waals surface area contributed by atoms with E-state index < -0.39 is 5.41 Å². The maximum absolute atomic E-state index is 13.1. The van der Waals surface area contributed by atoms with Gasteiger partial charge in [0.1, 0.15) is 5.41 Å². The standard InChI is InChI=1S/C21H25ClN2O2/c1-6-24(16-10-8-7-9-11-16)20(26)21(4,5)19(25)23-18-15(3)12-14(2)13-17(18)22/h7-13H,6H2,1-5H3,(H,23,25). The van der Waals surface area contributed by atoms with Crippen LogP contribution >= 0.6 is 11.6 Å². The molecule has 0 aliphatic carbocycles. The molecule has 0 aliphatic rings. The van der Waals surface area contributed by atoms with Gasteiger partial charge in [0, 0.05) is 12.2 Å². The molecular formula is C21H25ClN2O2. The van der Waals surface area contributed by atoms with Gasteiger partial charge in [-0.1, -0.05) is 35.9 Å². The van der Waals surface area contributed by atoms with Crippen molar-refractivity contribution in [3.05, 3.63) is 58.6 Å². The average Bonchev–Trinajstić information content (AvgIpc) is 2.59. The number of nitrogens with zero attached hydrogens (tertiary/aromatic N) is 1. The van der Waals surface area contributed by atoms with E-state index in [0.29, 0.717) is 17.3 Å². The molecule has 4 nitrogen and oxygen atoms in total. The highest BCUT2D eigenvalue weighted by Crippen LogP contribution is 2.31. The van der Waals surface area contributed by atoms with E-state index in [-0.39, 0.29) is 11.8 Å². The maximum Gasteiger partial charge on any atom is 0.242 e. The Morgan fingerprint density at radius 2 is 1.73 bits per heavy atom. The van der Waals surface area contributed by atoms with Crippen molar-refractivity contribution in [2.45, 2.75) is 34.6 Å². The van der Waals surface area contributed by atoms with Gasteiger partial charge in [-0.15, -0.1) is 0 Å². The van der Waals surface area contributed by atoms with Crippen LogP contribution in [0.3, 0.4) is 0 Å². The van der Waals surface area contributed by atoms with Crippen LogP contribution in [0.4, 0.5) is 11.4 Å². The fraction of sp³-hybridized carbons (Fsp3) is 0.333. The summed E-state index contributed by atoms with van der Waals surface area (Å²) in [5, 5.41) is 3.31. The van der Waals surface area contributed by atoms with Gasteiger partial charge in [-0.3, -0.25) is 9.59 Å². The van der Waals surface area contributed by atoms with Crippen LogP contribution in [-0.2, 0) is 9.59 Å². The van der Waals surface area contributed by atoms with Gasteiger partial charge in [-0.2, -0.15) is 0 Å². The van der Waals surface area contributed by atoms with Crippen molar-refractivity contribution >= 4 is 34.8 Å². The van der Waals surface area contributed by atoms with E-state index in [1.807, 2.05) is 57.2 Å². The molecule has 0 heterocycles. The fourth-order valence-corrected chi connectivity index (χ4v) is 3.20. The summed E-state index contributed by atoms with van der Waals surface area (Å²) >= 11 is 6.28. The van der Waals surface area contributed by atoms with E-state index in [1.165, 1.54) is 0 Å². The number of nitrogens with one attached hydrogen (secondary N) is 1. The number of halogens is 1. The number of carbonyl (C=O) groups is 2. The molecule has 2 aromatic rings. The van der Waals surface area contributed by atoms with Crippen LogP contribution in [0.1, 0.15) is 31.9 Å². The number of carbonyl (C=O) groups excluding carboxylic acids is 2. The summed E-state index contributed by atoms with van der Waals surface area (Å²) in [6.45, 7) is 9.45. The molecule has 26 heavy (non-hydrogen) atoms. The summed E-state index contributed by atoms with van der Waals surface area (Å²) < 4.78 is 0. The van der Waals surface area contributed by atoms with Crippen molar-refractivity contribution in [2.75, 3.05) is 16.8 Å². The molecule has 2 amide bonds. The van der Waals surface area contributed by atoms with Crippen LogP contribution in [0.15, 0.2) is 42.5 Å². The molecule has 0 fully saturated rings. The lowest BCUT2D eigenvalue weighted by Gasteiger charge is -2.30. The van der Waals surface area contributed by atoms with Gasteiger partial charge in [0.05, 0.1) is 10.7 Å². The third-order valence-electron chi connectivity index (χ3n) is 4.40. The van der Waals surface area contributed by atoms with E-state index in [9.17, 15) is 9.59 Å². The van der Waals surface area contributed by atoms with E-state index in [0.717, 1.165) is 16.8 Å². The Hall–Kier alpha value is -2.33. The number of para-hydroxylation sites is 1. The number of hydrogen-bond acceptors (Lipinski definition) is 2. The summed E-state index contributed by atoms with van der Waals surface area (Å²) in [6.07, 6.45) is 0. The molecule has 0 radical (unpaired) electrons. The molecule has 0 unspecified atom stereocenters. The van der Waals surface area contributed by atoms with Crippen molar-refractivity contribution in [1.82, 2.24) is 0 Å². The second kappa shape index (κ2) is 7.92. The van der Waals surface area contributed by atoms with Crippen molar-refractivity contribution in [3.63, 3.8) is 0 Å². The van der Waals surface area contributed by atoms with Gasteiger partial charge in [0.2, 0.25) is 11.8 Å². The monoisotopic (exact) mass is 372 g/mol. The molecule has 0 bridgehead atoms. The largest absolute Gasteiger partial charge is 0.324 e. The van der Waals surface area contributed by atoms with Crippen LogP contribution in [-0.4, -0.2) is 18.4 Å². The first-order chi connectivity index (χ1) is 12.2. The van der Waals surface area contributed by atoms with Crippen LogP contribution in [0.2, 0.25) is 5.02 Å². The second-order valence-electron chi connectivity index (χ2n) is 6.90. The molecule has 0 saturated heterocycles. The van der Waals surface area contributed by atoms with Crippen LogP contribution in [0, 0.1) is 19.3 Å². The van der Waals surface area contributed by atoms with Gasteiger partial charge in [0.25, 0.3) is 0 Å². The minimum absolute atomic E-state index is 0.260. The van der Waals surface area contributed by atoms with Crippen LogP contribution < -0.4 is 10.2 Å². The SMILES string of the molecule is CCN(C(=O)C(C)(C)C(=O)Nc1c(C)cc(C)cc1Cl)c1ccccc1. The minimum Gasteiger partial charge on any atom is -0.324 e. The molecule has 0 spiro atoms. The molecule has 0 saturated carbocycles. The van der Waals surface area contributed by atoms with Crippen molar-refractivity contribution < 1.29 is 9.59 Å². The summed E-state index contributed by atoms with van der Waals surface area (Å²) in [7, 11) is 0. The molecule has 1 N–H and O–H groups in total. The molecule has 5 heteroatoms. The lowest BCUT2D eigenvalue weighted by Crippen LogP contribution is -2.47. The van der Waals surface area contributed by atoms with Gasteiger partial charge in [-0.25, -0.2) is 0 Å². The van der Waals surface area contributed by atoms with Gasteiger partial charge >= 0.3 is 0 Å². The fourth-order valence-electron chi connectivity index (χ4n) is 2.83. The third kappa shape index (κ3) is 4.07. The Balaban J connectivity index is 2.28. The molecule has 2 aromatic carbocycles. The maximum atomic E-state index is 13.1. The van der Waals surface area contributed by atoms with Gasteiger partial charge < -0.3 is 10.2 Å². The number of amides is 2. The quantitative estimate of drug-likeness (QED) is 0.753. The van der Waals surface area contributed by atoms with Crippen molar-refractivity contribution in [2.24, 2.45) is 5.41 Å². The summed E-state index contributed by atoms with van der Waals surface area (Å²) in [5.41, 5.74) is 1.95. The molecule has 138 valence electrons. The lowest BCUT2D eigenvalue weighted by molar-refractivity contribution is -0.136. The summed E-state index contributed by atoms with van der Waals surface area (Å²) in [4.78, 5) is 27.6. The Morgan fingerprint density at radius 1 is 1.12 bits per heavy atom. The van der Waals surface area contributed by atoms with E-state index in [1.54, 1.807) is 24.8 Å². The summed E-state index contributed by atoms with van der Waals surface area (Å²) in [6, 6.07) is 13.1. The highest BCUT2D eigenvalue weighted by atomic mass is 35.5. The zero-order valence-electron chi connectivity index (χ0n) is 15.9. The number of anilines is 2. The van der Waals surface area contributed by atoms with Crippen LogP contribution in [0.5, 0.6) is 0 Å². The second-order valence-corrected chi connectivity index (χ2v) is 7.31. The Labute approximate surface area is 160 Å². The first-order valence-corrected chi connectivity index (χ1v) is 9.01. The van der Waals surface area contributed by atoms with Gasteiger partial charge in [0.15, 0.2) is 0 Å². The molecular weight excluding hydrogens is 348 g/mol. The van der Waals surface area contributed by atoms with Crippen molar-refractivity contribution in [1.29, 1.82) is 0 Å². The normalized spacial score (nSPS) is 11.2. The molecule has 0 atom stereocenters. The Bertz CT molecular complexity index is 793. The molecule has 0 aromatic heterocycles. The number of rotatable bonds is 5. The number of benzene rings is 2. The molecule has 2 rings (SSSR count). The minimum atomic E-state index is -1.24. The molecule has 0 aliphatic heterocycles. The predicted molar refractivity (Wildman–Crippen MR) is 108 cm³/mol. The first kappa shape index (κ1) is 20.0. The Kier molecular flexibility index (Phi) is 6.09. The van der Waals surface area contributed by atoms with Crippen LogP contribution in [0.25, 0.3) is 0 Å². The number of hydrogen-bond donors (Lipinski definition) is 1. The smallest absolute Gasteiger partial charge is 0.242 e. The number of aryl methyl sites for hydroxylation is 2. The van der Waals surface area contributed by atoms with E-state index >= 15 is 0 Å². The highest BCUT2D eigenvalue weighted by Gasteiger charge is 2.39.